The Kier molecular flexibility index (Phi) is 4.06. The second-order valence-corrected chi connectivity index (χ2v) is 6.55. The zero-order valence-electron chi connectivity index (χ0n) is 12.4. The maximum absolute atomic E-state index is 14.0. The Morgan fingerprint density at radius 1 is 1.30 bits per heavy atom. The van der Waals surface area contributed by atoms with Crippen molar-refractivity contribution < 1.29 is 18.4 Å². The Morgan fingerprint density at radius 3 is 2.50 bits per heavy atom. The molecular weight excluding hydrogens is 281 g/mol. The fraction of sp³-hybridized carbons (Fsp3) is 0.571. The van der Waals surface area contributed by atoms with Crippen LogP contribution in [0.3, 0.4) is 0 Å². The van der Waals surface area contributed by atoms with Crippen molar-refractivity contribution in [2.75, 3.05) is 13.7 Å². The van der Waals surface area contributed by atoms with Gasteiger partial charge in [0.05, 0.1) is 17.7 Å². The molecule has 0 radical (unpaired) electrons. The number of rotatable bonds is 2. The first-order chi connectivity index (χ1) is 9.19. The Balaban J connectivity index is 2.37. The van der Waals surface area contributed by atoms with E-state index >= 15 is 0 Å². The third-order valence-electron chi connectivity index (χ3n) is 4.17. The zero-order chi connectivity index (χ0) is 15.1. The number of halogens is 2. The highest BCUT2D eigenvalue weighted by Gasteiger charge is 2.47. The van der Waals surface area contributed by atoms with Crippen molar-refractivity contribution in [1.82, 2.24) is 0 Å². The Hall–Kier alpha value is -0.775. The van der Waals surface area contributed by atoms with Crippen LogP contribution in [0.1, 0.15) is 27.7 Å². The summed E-state index contributed by atoms with van der Waals surface area (Å²) < 4.78 is 30.8. The molecule has 3 nitrogen and oxygen atoms in total. The number of benzene rings is 1. The van der Waals surface area contributed by atoms with Gasteiger partial charge in [0.25, 0.3) is 0 Å². The lowest BCUT2D eigenvalue weighted by Crippen LogP contribution is -2.58. The van der Waals surface area contributed by atoms with Gasteiger partial charge in [0.15, 0.2) is 11.6 Å². The topological polar surface area (TPSA) is 27.7 Å². The summed E-state index contributed by atoms with van der Waals surface area (Å²) >= 11 is 5.77. The van der Waals surface area contributed by atoms with Crippen LogP contribution in [0.4, 0.5) is 4.39 Å². The smallest absolute Gasteiger partial charge is 0.494 e. The first kappa shape index (κ1) is 15.6. The number of hydrogen-bond donors (Lipinski definition) is 0. The van der Waals surface area contributed by atoms with E-state index in [1.54, 1.807) is 6.07 Å². The van der Waals surface area contributed by atoms with Gasteiger partial charge in [-0.1, -0.05) is 31.5 Å². The average molecular weight is 301 g/mol. The second kappa shape index (κ2) is 5.21. The number of methoxy groups -OCH3 is 1. The molecule has 0 spiro atoms. The van der Waals surface area contributed by atoms with E-state index in [9.17, 15) is 4.39 Å². The van der Waals surface area contributed by atoms with Crippen LogP contribution in [0.25, 0.3) is 0 Å². The van der Waals surface area contributed by atoms with Crippen molar-refractivity contribution in [3.8, 4) is 5.75 Å². The quantitative estimate of drug-likeness (QED) is 0.786. The van der Waals surface area contributed by atoms with Gasteiger partial charge in [-0.25, -0.2) is 4.39 Å². The van der Waals surface area contributed by atoms with Crippen LogP contribution in [0.15, 0.2) is 12.1 Å². The van der Waals surface area contributed by atoms with Crippen LogP contribution in [0.5, 0.6) is 5.75 Å². The maximum atomic E-state index is 14.0. The molecule has 0 aliphatic carbocycles. The van der Waals surface area contributed by atoms with Crippen LogP contribution in [0, 0.1) is 11.2 Å². The van der Waals surface area contributed by atoms with Gasteiger partial charge in [-0.15, -0.1) is 0 Å². The predicted molar refractivity (Wildman–Crippen MR) is 78.2 cm³/mol. The SMILES string of the molecule is COc1c(B2OCC(C)(C)C(C)(C)O2)ccc(Cl)c1F. The lowest BCUT2D eigenvalue weighted by molar-refractivity contribution is -0.0938. The van der Waals surface area contributed by atoms with Crippen molar-refractivity contribution in [3.05, 3.63) is 23.0 Å². The average Bonchev–Trinajstić information content (AvgIpc) is 2.36. The third-order valence-corrected chi connectivity index (χ3v) is 4.46. The van der Waals surface area contributed by atoms with Gasteiger partial charge in [0, 0.05) is 17.5 Å². The van der Waals surface area contributed by atoms with Crippen LogP contribution < -0.4 is 10.2 Å². The monoisotopic (exact) mass is 300 g/mol. The molecule has 20 heavy (non-hydrogen) atoms. The van der Waals surface area contributed by atoms with E-state index in [-0.39, 0.29) is 16.2 Å². The minimum Gasteiger partial charge on any atom is -0.494 e. The highest BCUT2D eigenvalue weighted by Crippen LogP contribution is 2.38. The molecule has 6 heteroatoms. The van der Waals surface area contributed by atoms with Crippen molar-refractivity contribution in [1.29, 1.82) is 0 Å². The van der Waals surface area contributed by atoms with Crippen molar-refractivity contribution in [3.63, 3.8) is 0 Å². The van der Waals surface area contributed by atoms with Crippen molar-refractivity contribution >= 4 is 24.2 Å². The summed E-state index contributed by atoms with van der Waals surface area (Å²) in [6.45, 7) is 8.66. The first-order valence-corrected chi connectivity index (χ1v) is 6.89. The van der Waals surface area contributed by atoms with Gasteiger partial charge >= 0.3 is 7.12 Å². The summed E-state index contributed by atoms with van der Waals surface area (Å²) in [4.78, 5) is 0. The fourth-order valence-electron chi connectivity index (χ4n) is 2.01. The summed E-state index contributed by atoms with van der Waals surface area (Å²) in [7, 11) is 0.732. The molecule has 0 saturated carbocycles. The highest BCUT2D eigenvalue weighted by atomic mass is 35.5. The minimum atomic E-state index is -0.667. The number of ether oxygens (including phenoxy) is 1. The molecule has 1 aromatic rings. The molecule has 0 unspecified atom stereocenters. The van der Waals surface area contributed by atoms with Gasteiger partial charge in [-0.05, 0) is 19.9 Å². The molecule has 1 fully saturated rings. The summed E-state index contributed by atoms with van der Waals surface area (Å²) in [5.41, 5.74) is -0.0309. The Labute approximate surface area is 124 Å². The van der Waals surface area contributed by atoms with Gasteiger partial charge in [-0.3, -0.25) is 0 Å². The minimum absolute atomic E-state index is 0.0148. The van der Waals surface area contributed by atoms with E-state index in [4.69, 9.17) is 25.6 Å². The summed E-state index contributed by atoms with van der Waals surface area (Å²) in [5, 5.41) is 0.0148. The summed E-state index contributed by atoms with van der Waals surface area (Å²) in [6, 6.07) is 3.15. The fourth-order valence-corrected chi connectivity index (χ4v) is 2.16. The van der Waals surface area contributed by atoms with Gasteiger partial charge in [0.2, 0.25) is 0 Å². The van der Waals surface area contributed by atoms with Crippen LogP contribution in [-0.2, 0) is 9.31 Å². The molecule has 2 rings (SSSR count). The largest absolute Gasteiger partial charge is 0.498 e. The highest BCUT2D eigenvalue weighted by molar-refractivity contribution is 6.62. The molecule has 110 valence electrons. The van der Waals surface area contributed by atoms with Crippen molar-refractivity contribution in [2.24, 2.45) is 5.41 Å². The van der Waals surface area contributed by atoms with E-state index in [2.05, 4.69) is 13.8 Å². The third kappa shape index (κ3) is 2.54. The molecular formula is C14H19BClFO3. The van der Waals surface area contributed by atoms with E-state index in [0.29, 0.717) is 12.1 Å². The van der Waals surface area contributed by atoms with E-state index < -0.39 is 18.5 Å². The predicted octanol–water partition coefficient (Wildman–Crippen LogP) is 3.03. The molecule has 1 heterocycles. The van der Waals surface area contributed by atoms with Crippen LogP contribution >= 0.6 is 11.6 Å². The van der Waals surface area contributed by atoms with E-state index in [1.165, 1.54) is 13.2 Å². The molecule has 0 N–H and O–H groups in total. The van der Waals surface area contributed by atoms with Gasteiger partial charge < -0.3 is 14.0 Å². The van der Waals surface area contributed by atoms with Crippen LogP contribution in [-0.4, -0.2) is 26.4 Å². The maximum Gasteiger partial charge on any atom is 0.498 e. The molecule has 0 aromatic heterocycles. The molecule has 0 atom stereocenters. The van der Waals surface area contributed by atoms with E-state index in [1.807, 2.05) is 13.8 Å². The Morgan fingerprint density at radius 2 is 1.95 bits per heavy atom. The molecule has 1 aliphatic heterocycles. The normalized spacial score (nSPS) is 20.9. The summed E-state index contributed by atoms with van der Waals surface area (Å²) in [6.07, 6.45) is 0. The molecule has 1 aromatic carbocycles. The summed E-state index contributed by atoms with van der Waals surface area (Å²) in [5.74, 6) is -0.528. The van der Waals surface area contributed by atoms with Gasteiger partial charge in [-0.2, -0.15) is 0 Å². The molecule has 0 bridgehead atoms. The lowest BCUT2D eigenvalue weighted by Gasteiger charge is -2.47. The second-order valence-electron chi connectivity index (χ2n) is 6.14. The van der Waals surface area contributed by atoms with Crippen molar-refractivity contribution in [2.45, 2.75) is 33.3 Å². The van der Waals surface area contributed by atoms with Crippen LogP contribution in [0.2, 0.25) is 5.02 Å². The standard InChI is InChI=1S/C14H19BClFO3/c1-13(2)8-19-15(20-14(13,3)4)9-6-7-10(16)11(17)12(9)18-5/h6-7H,8H2,1-5H3. The van der Waals surface area contributed by atoms with E-state index in [0.717, 1.165) is 0 Å². The number of hydrogen-bond acceptors (Lipinski definition) is 3. The Bertz CT molecular complexity index is 519. The molecule has 1 aliphatic rings. The molecule has 1 saturated heterocycles. The zero-order valence-corrected chi connectivity index (χ0v) is 13.2. The molecule has 0 amide bonds. The van der Waals surface area contributed by atoms with Gasteiger partial charge in [0.1, 0.15) is 0 Å². The lowest BCUT2D eigenvalue weighted by atomic mass is 9.69. The first-order valence-electron chi connectivity index (χ1n) is 6.51.